The zero-order chi connectivity index (χ0) is 25.3. The van der Waals surface area contributed by atoms with Gasteiger partial charge in [-0.25, -0.2) is 0 Å². The molecule has 0 saturated heterocycles. The Kier molecular flexibility index (Phi) is 6.82. The zero-order valence-corrected chi connectivity index (χ0v) is 17.6. The van der Waals surface area contributed by atoms with Crippen molar-refractivity contribution in [3.63, 3.8) is 0 Å². The van der Waals surface area contributed by atoms with E-state index < -0.39 is 52.7 Å². The van der Waals surface area contributed by atoms with Crippen LogP contribution in [0.15, 0.2) is 42.5 Å². The number of nitrogens with zero attached hydrogens (tertiary/aromatic N) is 4. The first-order valence-corrected chi connectivity index (χ1v) is 9.58. The third-order valence-corrected chi connectivity index (χ3v) is 4.66. The Labute approximate surface area is 191 Å². The minimum absolute atomic E-state index is 0.0344. The number of carbonyl (C=O) groups excluding carboxylic acids is 2. The van der Waals surface area contributed by atoms with Crippen molar-refractivity contribution in [2.75, 3.05) is 0 Å². The van der Waals surface area contributed by atoms with E-state index in [0.29, 0.717) is 22.0 Å². The molecule has 2 amide bonds. The lowest BCUT2D eigenvalue weighted by molar-refractivity contribution is -0.143. The summed E-state index contributed by atoms with van der Waals surface area (Å²) in [5.41, 5.74) is 0.719. The summed E-state index contributed by atoms with van der Waals surface area (Å²) in [7, 11) is 0. The molecule has 180 valence electrons. The molecule has 3 rings (SSSR count). The molecule has 15 heteroatoms. The molecular formula is C19H13ClF6N6O2. The molecule has 1 atom stereocenters. The van der Waals surface area contributed by atoms with E-state index in [2.05, 4.69) is 26.3 Å². The third kappa shape index (κ3) is 5.81. The van der Waals surface area contributed by atoms with Gasteiger partial charge in [-0.05, 0) is 54.6 Å². The number of aromatic nitrogens is 4. The average Bonchev–Trinajstić information content (AvgIpc) is 3.26. The maximum Gasteiger partial charge on any atom is 0.416 e. The molecular weight excluding hydrogens is 494 g/mol. The average molecular weight is 507 g/mol. The summed E-state index contributed by atoms with van der Waals surface area (Å²) in [6.07, 6.45) is -10.1. The van der Waals surface area contributed by atoms with Crippen molar-refractivity contribution in [2.24, 2.45) is 0 Å². The van der Waals surface area contributed by atoms with Crippen LogP contribution in [0, 0.1) is 0 Å². The summed E-state index contributed by atoms with van der Waals surface area (Å²) < 4.78 is 78.4. The van der Waals surface area contributed by atoms with Crippen molar-refractivity contribution in [1.82, 2.24) is 31.1 Å². The van der Waals surface area contributed by atoms with E-state index in [1.165, 1.54) is 31.2 Å². The summed E-state index contributed by atoms with van der Waals surface area (Å²) >= 11 is 5.73. The van der Waals surface area contributed by atoms with Crippen LogP contribution in [0.5, 0.6) is 0 Å². The van der Waals surface area contributed by atoms with Crippen molar-refractivity contribution >= 4 is 23.4 Å². The molecule has 2 N–H and O–H groups in total. The Morgan fingerprint density at radius 3 is 2.03 bits per heavy atom. The van der Waals surface area contributed by atoms with Gasteiger partial charge < -0.3 is 0 Å². The molecule has 0 unspecified atom stereocenters. The van der Waals surface area contributed by atoms with Gasteiger partial charge in [0.15, 0.2) is 6.04 Å². The van der Waals surface area contributed by atoms with Gasteiger partial charge in [-0.3, -0.25) is 20.4 Å². The van der Waals surface area contributed by atoms with Gasteiger partial charge in [0.25, 0.3) is 11.8 Å². The Bertz CT molecular complexity index is 1180. The molecule has 1 aromatic heterocycles. The highest BCUT2D eigenvalue weighted by atomic mass is 35.5. The number of nitrogens with one attached hydrogen (secondary N) is 2. The van der Waals surface area contributed by atoms with Crippen molar-refractivity contribution in [1.29, 1.82) is 0 Å². The summed E-state index contributed by atoms with van der Waals surface area (Å²) in [5.74, 6) is -2.08. The Morgan fingerprint density at radius 2 is 1.50 bits per heavy atom. The fourth-order valence-electron chi connectivity index (χ4n) is 2.59. The van der Waals surface area contributed by atoms with Crippen LogP contribution in [0.1, 0.15) is 34.5 Å². The van der Waals surface area contributed by atoms with Gasteiger partial charge in [0.1, 0.15) is 0 Å². The van der Waals surface area contributed by atoms with Crippen molar-refractivity contribution in [3.8, 4) is 11.4 Å². The highest BCUT2D eigenvalue weighted by Crippen LogP contribution is 2.38. The molecule has 0 aliphatic carbocycles. The number of carbonyl (C=O) groups is 2. The summed E-state index contributed by atoms with van der Waals surface area (Å²) in [6, 6.07) is 5.33. The van der Waals surface area contributed by atoms with Crippen LogP contribution in [-0.4, -0.2) is 32.0 Å². The van der Waals surface area contributed by atoms with E-state index in [1.54, 1.807) is 0 Å². The van der Waals surface area contributed by atoms with Gasteiger partial charge in [-0.15, -0.1) is 10.2 Å². The summed E-state index contributed by atoms with van der Waals surface area (Å²) in [4.78, 5) is 25.0. The Balaban J connectivity index is 1.77. The zero-order valence-electron chi connectivity index (χ0n) is 16.9. The van der Waals surface area contributed by atoms with Gasteiger partial charge in [0, 0.05) is 16.1 Å². The molecule has 1 heterocycles. The number of alkyl halides is 6. The van der Waals surface area contributed by atoms with Gasteiger partial charge in [0.2, 0.25) is 5.82 Å². The second-order valence-corrected chi connectivity index (χ2v) is 7.29. The molecule has 34 heavy (non-hydrogen) atoms. The second kappa shape index (κ2) is 9.29. The number of rotatable bonds is 4. The predicted molar refractivity (Wildman–Crippen MR) is 105 cm³/mol. The number of amides is 2. The van der Waals surface area contributed by atoms with Crippen LogP contribution < -0.4 is 10.9 Å². The number of hydrogen-bond donors (Lipinski definition) is 2. The van der Waals surface area contributed by atoms with Gasteiger partial charge in [-0.1, -0.05) is 11.6 Å². The number of tetrazole rings is 1. The molecule has 0 radical (unpaired) electrons. The van der Waals surface area contributed by atoms with Crippen LogP contribution in [-0.2, 0) is 17.1 Å². The fourth-order valence-corrected chi connectivity index (χ4v) is 2.72. The lowest BCUT2D eigenvalue weighted by Crippen LogP contribution is -2.44. The molecule has 0 spiro atoms. The minimum atomic E-state index is -5.05. The molecule has 3 aromatic rings. The number of hydrogen-bond acceptors (Lipinski definition) is 5. The molecule has 8 nitrogen and oxygen atoms in total. The SMILES string of the molecule is C[C@H](C(=O)NNC(=O)c1ccc(Cl)cc1)n1nnc(-c2cc(C(F)(F)F)cc(C(F)(F)F)c2)n1. The summed E-state index contributed by atoms with van der Waals surface area (Å²) in [6.45, 7) is 1.27. The largest absolute Gasteiger partial charge is 0.416 e. The van der Waals surface area contributed by atoms with E-state index in [4.69, 9.17) is 11.6 Å². The van der Waals surface area contributed by atoms with Crippen molar-refractivity contribution in [3.05, 3.63) is 64.2 Å². The molecule has 0 fully saturated rings. The van der Waals surface area contributed by atoms with E-state index in [1.807, 2.05) is 0 Å². The normalized spacial score (nSPS) is 12.8. The lowest BCUT2D eigenvalue weighted by Gasteiger charge is -2.13. The number of halogens is 7. The topological polar surface area (TPSA) is 102 Å². The maximum absolute atomic E-state index is 13.1. The predicted octanol–water partition coefficient (Wildman–Crippen LogP) is 4.05. The fraction of sp³-hybridized carbons (Fsp3) is 0.211. The first-order chi connectivity index (χ1) is 15.8. The Morgan fingerprint density at radius 1 is 0.941 bits per heavy atom. The smallest absolute Gasteiger partial charge is 0.271 e. The van der Waals surface area contributed by atoms with E-state index in [9.17, 15) is 35.9 Å². The second-order valence-electron chi connectivity index (χ2n) is 6.85. The van der Waals surface area contributed by atoms with E-state index in [-0.39, 0.29) is 11.6 Å². The van der Waals surface area contributed by atoms with Crippen LogP contribution in [0.3, 0.4) is 0 Å². The van der Waals surface area contributed by atoms with Gasteiger partial charge in [-0.2, -0.15) is 31.1 Å². The third-order valence-electron chi connectivity index (χ3n) is 4.41. The molecule has 0 bridgehead atoms. The molecule has 0 saturated carbocycles. The lowest BCUT2D eigenvalue weighted by atomic mass is 10.0. The standard InChI is InChI=1S/C19H13ClF6N6O2/c1-9(16(33)28-29-17(34)10-2-4-14(20)5-3-10)32-30-15(27-31-32)11-6-12(18(21,22)23)8-13(7-11)19(24,25)26/h2-9H,1H3,(H,28,33)(H,29,34)/t9-/m1/s1. The van der Waals surface area contributed by atoms with Gasteiger partial charge in [0.05, 0.1) is 11.1 Å². The van der Waals surface area contributed by atoms with Crippen LogP contribution in [0.4, 0.5) is 26.3 Å². The van der Waals surface area contributed by atoms with Crippen molar-refractivity contribution < 1.29 is 35.9 Å². The number of hydrazine groups is 1. The van der Waals surface area contributed by atoms with E-state index >= 15 is 0 Å². The number of benzene rings is 2. The monoisotopic (exact) mass is 506 g/mol. The van der Waals surface area contributed by atoms with Crippen LogP contribution >= 0.6 is 11.6 Å². The highest BCUT2D eigenvalue weighted by Gasteiger charge is 2.37. The Hall–Kier alpha value is -3.68. The van der Waals surface area contributed by atoms with Crippen LogP contribution in [0.2, 0.25) is 5.02 Å². The summed E-state index contributed by atoms with van der Waals surface area (Å²) in [5, 5.41) is 11.1. The van der Waals surface area contributed by atoms with Crippen LogP contribution in [0.25, 0.3) is 11.4 Å². The molecule has 2 aromatic carbocycles. The minimum Gasteiger partial charge on any atom is -0.271 e. The maximum atomic E-state index is 13.1. The molecule has 0 aliphatic rings. The van der Waals surface area contributed by atoms with Gasteiger partial charge >= 0.3 is 12.4 Å². The first kappa shape index (κ1) is 25.0. The quantitative estimate of drug-likeness (QED) is 0.410. The molecule has 0 aliphatic heterocycles. The first-order valence-electron chi connectivity index (χ1n) is 9.21. The highest BCUT2D eigenvalue weighted by molar-refractivity contribution is 6.30. The van der Waals surface area contributed by atoms with Crippen molar-refractivity contribution in [2.45, 2.75) is 25.3 Å². The van der Waals surface area contributed by atoms with E-state index in [0.717, 1.165) is 0 Å².